The minimum absolute atomic E-state index is 0.139. The molecule has 0 saturated heterocycles. The maximum Gasteiger partial charge on any atom is 0.159 e. The van der Waals surface area contributed by atoms with E-state index < -0.39 is 19.8 Å². The fraction of sp³-hybridized carbons (Fsp3) is 0.481. The molecule has 0 rings (SSSR count). The summed E-state index contributed by atoms with van der Waals surface area (Å²) < 4.78 is 0. The summed E-state index contributed by atoms with van der Waals surface area (Å²) in [5.74, 6) is 56.7. The van der Waals surface area contributed by atoms with Gasteiger partial charge >= 0.3 is 0 Å². The molecule has 14 heteroatoms. The maximum absolute atomic E-state index is 10.7. The number of aliphatic hydroxyl groups excluding tert-OH is 7. The number of hydrogen-bond donors (Lipinski definition) is 7. The second kappa shape index (κ2) is 65.8. The summed E-state index contributed by atoms with van der Waals surface area (Å²) in [5.41, 5.74) is 0. The standard InChI is InChI=1S/C13H13BrO2.C13H14O3.C10H11BrO2.C10H12O3.C6H8O2/c2*14-11-9-7-5-3-1-2-4-6-8-10-13(16)12-15;2*11-8-6-4-2-1-3-5-7-10(13)9-12;1-2-3-4-6(8)5-7/h15H,2,5,8,10-12H2;14-15H,2,5,8,10-12H2;12H,2,5,7-9H2;11-12H,2,5,7-9H2;1,7H,3-5H2. The van der Waals surface area contributed by atoms with E-state index in [4.69, 9.17) is 42.2 Å². The lowest BCUT2D eigenvalue weighted by molar-refractivity contribution is -0.122. The van der Waals surface area contributed by atoms with Crippen LogP contribution < -0.4 is 0 Å². The second-order valence-corrected chi connectivity index (χ2v) is 12.5. The molecular formula is C52H58Br2O12. The average Bonchev–Trinajstić information content (AvgIpc) is 3.34. The van der Waals surface area contributed by atoms with E-state index >= 15 is 0 Å². The third-order valence-electron chi connectivity index (χ3n) is 6.15. The molecule has 0 spiro atoms. The first-order valence-corrected chi connectivity index (χ1v) is 22.3. The van der Waals surface area contributed by atoms with Gasteiger partial charge in [0, 0.05) is 64.2 Å². The van der Waals surface area contributed by atoms with E-state index in [9.17, 15) is 24.0 Å². The number of rotatable bonds is 15. The third-order valence-corrected chi connectivity index (χ3v) is 6.71. The molecule has 0 aliphatic carbocycles. The van der Waals surface area contributed by atoms with Crippen LogP contribution in [0.1, 0.15) is 103 Å². The van der Waals surface area contributed by atoms with Crippen LogP contribution in [0, 0.1) is 131 Å². The fourth-order valence-electron chi connectivity index (χ4n) is 2.99. The molecule has 0 saturated carbocycles. The molecule has 0 radical (unpaired) electrons. The molecule has 0 heterocycles. The SMILES string of the molecule is C#CCCC(=O)CO.O=C(CO)CCC#CCC#CCBr.O=C(CO)CCC#CCC#CCC#CCBr.O=C(CO)CCC#CCC#CCC#CCO.O=C(CO)CCC#CCC#CCO. The quantitative estimate of drug-likeness (QED) is 0.0928. The highest BCUT2D eigenvalue weighted by atomic mass is 79.9. The summed E-state index contributed by atoms with van der Waals surface area (Å²) in [6.07, 6.45) is 11.6. The highest BCUT2D eigenvalue weighted by molar-refractivity contribution is 9.09. The highest BCUT2D eigenvalue weighted by Crippen LogP contribution is 1.91. The Bertz CT molecular complexity index is 1940. The molecule has 0 aromatic heterocycles. The molecule has 0 aromatic rings. The first-order chi connectivity index (χ1) is 32.0. The number of carbonyl (C=O) groups is 5. The molecule has 0 unspecified atom stereocenters. The Morgan fingerprint density at radius 3 is 0.697 bits per heavy atom. The zero-order valence-electron chi connectivity index (χ0n) is 37.2. The first-order valence-electron chi connectivity index (χ1n) is 20.0. The van der Waals surface area contributed by atoms with Crippen LogP contribution in [0.5, 0.6) is 0 Å². The molecule has 12 nitrogen and oxygen atoms in total. The van der Waals surface area contributed by atoms with Crippen molar-refractivity contribution in [3.8, 4) is 131 Å². The number of halogens is 2. The van der Waals surface area contributed by atoms with Crippen molar-refractivity contribution in [3.05, 3.63) is 0 Å². The predicted octanol–water partition coefficient (Wildman–Crippen LogP) is 2.42. The van der Waals surface area contributed by atoms with Crippen molar-refractivity contribution in [2.75, 3.05) is 56.9 Å². The monoisotopic (exact) mass is 1030 g/mol. The van der Waals surface area contributed by atoms with Gasteiger partial charge in [-0.2, -0.15) is 0 Å². The van der Waals surface area contributed by atoms with Gasteiger partial charge in [0.15, 0.2) is 28.9 Å². The topological polar surface area (TPSA) is 227 Å². The Kier molecular flexibility index (Phi) is 69.0. The number of Topliss-reactive ketones (excluding diaryl/α,β-unsaturated/α-hetero) is 5. The lowest BCUT2D eigenvalue weighted by Crippen LogP contribution is -2.01. The van der Waals surface area contributed by atoms with E-state index in [0.29, 0.717) is 107 Å². The van der Waals surface area contributed by atoms with Gasteiger partial charge in [-0.25, -0.2) is 0 Å². The van der Waals surface area contributed by atoms with Crippen LogP contribution in [0.25, 0.3) is 0 Å². The lowest BCUT2D eigenvalue weighted by Gasteiger charge is -1.87. The van der Waals surface area contributed by atoms with Crippen LogP contribution in [0.3, 0.4) is 0 Å². The molecule has 0 aromatic carbocycles. The number of terminal acetylenes is 1. The van der Waals surface area contributed by atoms with E-state index in [1.165, 1.54) is 0 Å². The fourth-order valence-corrected chi connectivity index (χ4v) is 3.39. The van der Waals surface area contributed by atoms with Gasteiger partial charge in [0.25, 0.3) is 0 Å². The van der Waals surface area contributed by atoms with Gasteiger partial charge in [-0.05, 0) is 0 Å². The molecule has 0 bridgehead atoms. The van der Waals surface area contributed by atoms with Gasteiger partial charge < -0.3 is 35.7 Å². The van der Waals surface area contributed by atoms with E-state index in [1.807, 2.05) is 0 Å². The van der Waals surface area contributed by atoms with Crippen molar-refractivity contribution in [2.24, 2.45) is 0 Å². The van der Waals surface area contributed by atoms with E-state index in [1.54, 1.807) is 0 Å². The van der Waals surface area contributed by atoms with Crippen LogP contribution in [0.2, 0.25) is 0 Å². The molecule has 66 heavy (non-hydrogen) atoms. The summed E-state index contributed by atoms with van der Waals surface area (Å²) >= 11 is 6.36. The molecule has 0 amide bonds. The lowest BCUT2D eigenvalue weighted by atomic mass is 10.2. The van der Waals surface area contributed by atoms with Crippen LogP contribution in [0.4, 0.5) is 0 Å². The Labute approximate surface area is 408 Å². The van der Waals surface area contributed by atoms with Gasteiger partial charge in [0.2, 0.25) is 0 Å². The van der Waals surface area contributed by atoms with Gasteiger partial charge in [-0.15, -0.1) is 36.0 Å². The Morgan fingerprint density at radius 2 is 0.500 bits per heavy atom. The summed E-state index contributed by atoms with van der Waals surface area (Å²) in [7, 11) is 0. The minimum atomic E-state index is -0.412. The molecule has 0 aliphatic rings. The van der Waals surface area contributed by atoms with E-state index in [2.05, 4.69) is 156 Å². The van der Waals surface area contributed by atoms with Gasteiger partial charge in [-0.3, -0.25) is 24.0 Å². The van der Waals surface area contributed by atoms with Crippen LogP contribution in [-0.4, -0.2) is 122 Å². The molecule has 352 valence electrons. The van der Waals surface area contributed by atoms with Crippen LogP contribution >= 0.6 is 31.9 Å². The van der Waals surface area contributed by atoms with E-state index in [0.717, 1.165) is 0 Å². The summed E-state index contributed by atoms with van der Waals surface area (Å²) in [6.45, 7) is -2.28. The Hall–Kier alpha value is -5.81. The minimum Gasteiger partial charge on any atom is -0.389 e. The van der Waals surface area contributed by atoms with Crippen molar-refractivity contribution in [1.29, 1.82) is 0 Å². The normalized spacial score (nSPS) is 7.76. The number of aliphatic hydroxyl groups is 7. The Morgan fingerprint density at radius 1 is 0.303 bits per heavy atom. The largest absolute Gasteiger partial charge is 0.389 e. The maximum atomic E-state index is 10.7. The van der Waals surface area contributed by atoms with Gasteiger partial charge in [0.05, 0.1) is 49.2 Å². The smallest absolute Gasteiger partial charge is 0.159 e. The van der Waals surface area contributed by atoms with Crippen LogP contribution in [-0.2, 0) is 24.0 Å². The molecule has 7 N–H and O–H groups in total. The number of ketones is 5. The van der Waals surface area contributed by atoms with Crippen molar-refractivity contribution in [1.82, 2.24) is 0 Å². The second-order valence-electron chi connectivity index (χ2n) is 11.4. The molecule has 0 fully saturated rings. The van der Waals surface area contributed by atoms with Gasteiger partial charge in [-0.1, -0.05) is 127 Å². The first kappa shape index (κ1) is 69.2. The average molecular weight is 1030 g/mol. The number of alkyl halides is 2. The third kappa shape index (κ3) is 75.6. The van der Waals surface area contributed by atoms with E-state index in [-0.39, 0.29) is 61.8 Å². The molecule has 0 atom stereocenters. The summed E-state index contributed by atoms with van der Waals surface area (Å²) in [4.78, 5) is 52.7. The molecule has 0 aliphatic heterocycles. The summed E-state index contributed by atoms with van der Waals surface area (Å²) in [6, 6.07) is 0. The molecular weight excluding hydrogens is 976 g/mol. The number of carbonyl (C=O) groups excluding carboxylic acids is 5. The van der Waals surface area contributed by atoms with Gasteiger partial charge in [0.1, 0.15) is 46.2 Å². The van der Waals surface area contributed by atoms with Crippen molar-refractivity contribution in [3.63, 3.8) is 0 Å². The summed E-state index contributed by atoms with van der Waals surface area (Å²) in [5, 5.41) is 59.7. The predicted molar refractivity (Wildman–Crippen MR) is 263 cm³/mol. The zero-order chi connectivity index (χ0) is 50.4. The Balaban J connectivity index is -0.000000239. The van der Waals surface area contributed by atoms with Crippen molar-refractivity contribution in [2.45, 2.75) is 103 Å². The highest BCUT2D eigenvalue weighted by Gasteiger charge is 1.97. The van der Waals surface area contributed by atoms with Crippen molar-refractivity contribution >= 4 is 60.8 Å². The van der Waals surface area contributed by atoms with Crippen LogP contribution in [0.15, 0.2) is 0 Å². The van der Waals surface area contributed by atoms with Crippen molar-refractivity contribution < 1.29 is 59.7 Å². The number of hydrogen-bond acceptors (Lipinski definition) is 12. The zero-order valence-corrected chi connectivity index (χ0v) is 40.4.